The van der Waals surface area contributed by atoms with Crippen molar-refractivity contribution in [1.82, 2.24) is 9.21 Å². The number of nitrogens with two attached hydrogens (primary N) is 1. The lowest BCUT2D eigenvalue weighted by atomic mass is 10.2. The molecular formula is C11H15N3O3S. The molecule has 0 atom stereocenters. The first kappa shape index (κ1) is 12.8. The van der Waals surface area contributed by atoms with E-state index in [2.05, 4.69) is 0 Å². The van der Waals surface area contributed by atoms with Crippen LogP contribution in [0.1, 0.15) is 10.4 Å². The number of anilines is 1. The van der Waals surface area contributed by atoms with Gasteiger partial charge in [-0.25, -0.2) is 12.7 Å². The topological polar surface area (TPSA) is 83.7 Å². The van der Waals surface area contributed by atoms with Gasteiger partial charge in [0.15, 0.2) is 0 Å². The zero-order valence-electron chi connectivity index (χ0n) is 10.3. The van der Waals surface area contributed by atoms with E-state index in [1.54, 1.807) is 6.07 Å². The van der Waals surface area contributed by atoms with Crippen molar-refractivity contribution in [1.29, 1.82) is 0 Å². The van der Waals surface area contributed by atoms with Crippen LogP contribution in [0.4, 0.5) is 5.69 Å². The second-order valence-corrected chi connectivity index (χ2v) is 6.21. The van der Waals surface area contributed by atoms with E-state index in [4.69, 9.17) is 5.73 Å². The number of fused-ring (bicyclic) bond motifs is 1. The van der Waals surface area contributed by atoms with Crippen molar-refractivity contribution in [2.24, 2.45) is 0 Å². The molecule has 18 heavy (non-hydrogen) atoms. The number of nitrogens with zero attached hydrogens (tertiary/aromatic N) is 2. The molecule has 0 spiro atoms. The molecule has 1 amide bonds. The lowest BCUT2D eigenvalue weighted by Crippen LogP contribution is -2.36. The van der Waals surface area contributed by atoms with Crippen molar-refractivity contribution in [3.63, 3.8) is 0 Å². The molecule has 7 heteroatoms. The number of rotatable bonds is 3. The Morgan fingerprint density at radius 2 is 2.00 bits per heavy atom. The zero-order valence-corrected chi connectivity index (χ0v) is 11.1. The number of likely N-dealkylation sites (N-methyl/N-ethyl adjacent to an activating group) is 1. The highest BCUT2D eigenvalue weighted by Gasteiger charge is 2.42. The molecule has 1 aliphatic rings. The van der Waals surface area contributed by atoms with Crippen LogP contribution in [0.5, 0.6) is 0 Å². The fourth-order valence-electron chi connectivity index (χ4n) is 1.88. The Labute approximate surface area is 106 Å². The van der Waals surface area contributed by atoms with Crippen molar-refractivity contribution in [3.05, 3.63) is 23.8 Å². The van der Waals surface area contributed by atoms with Gasteiger partial charge in [0.2, 0.25) is 0 Å². The van der Waals surface area contributed by atoms with E-state index in [-0.39, 0.29) is 22.7 Å². The molecular weight excluding hydrogens is 254 g/mol. The van der Waals surface area contributed by atoms with Crippen LogP contribution in [0.15, 0.2) is 23.1 Å². The van der Waals surface area contributed by atoms with Crippen molar-refractivity contribution in [2.75, 3.05) is 32.9 Å². The fraction of sp³-hybridized carbons (Fsp3) is 0.364. The zero-order chi connectivity index (χ0) is 13.5. The largest absolute Gasteiger partial charge is 0.398 e. The Morgan fingerprint density at radius 3 is 2.56 bits per heavy atom. The summed E-state index contributed by atoms with van der Waals surface area (Å²) in [5, 5.41) is 0. The van der Waals surface area contributed by atoms with Gasteiger partial charge in [0.05, 0.1) is 17.8 Å². The minimum absolute atomic E-state index is 0.0613. The van der Waals surface area contributed by atoms with Crippen LogP contribution < -0.4 is 5.73 Å². The normalized spacial score (nSPS) is 17.3. The third-order valence-electron chi connectivity index (χ3n) is 2.80. The van der Waals surface area contributed by atoms with Crippen LogP contribution >= 0.6 is 0 Å². The van der Waals surface area contributed by atoms with E-state index in [9.17, 15) is 13.2 Å². The summed E-state index contributed by atoms with van der Waals surface area (Å²) in [6.45, 7) is 0.598. The van der Waals surface area contributed by atoms with Crippen LogP contribution in [0.2, 0.25) is 0 Å². The third kappa shape index (κ3) is 1.85. The summed E-state index contributed by atoms with van der Waals surface area (Å²) in [4.78, 5) is 13.8. The highest BCUT2D eigenvalue weighted by Crippen LogP contribution is 2.33. The predicted molar refractivity (Wildman–Crippen MR) is 67.6 cm³/mol. The van der Waals surface area contributed by atoms with Gasteiger partial charge in [0.1, 0.15) is 4.90 Å². The number of benzene rings is 1. The fourth-order valence-corrected chi connectivity index (χ4v) is 3.54. The summed E-state index contributed by atoms with van der Waals surface area (Å²) in [6, 6.07) is 4.55. The van der Waals surface area contributed by atoms with Gasteiger partial charge in [-0.3, -0.25) is 4.79 Å². The number of sulfonamides is 1. The maximum atomic E-state index is 12.2. The summed E-state index contributed by atoms with van der Waals surface area (Å²) < 4.78 is 25.4. The molecule has 0 bridgehead atoms. The van der Waals surface area contributed by atoms with Crippen molar-refractivity contribution in [3.8, 4) is 0 Å². The molecule has 0 aromatic heterocycles. The Hall–Kier alpha value is -1.60. The first-order chi connectivity index (χ1) is 8.35. The van der Waals surface area contributed by atoms with Gasteiger partial charge in [-0.05, 0) is 26.2 Å². The summed E-state index contributed by atoms with van der Waals surface area (Å²) in [7, 11) is -0.161. The molecule has 2 N–H and O–H groups in total. The van der Waals surface area contributed by atoms with E-state index in [0.717, 1.165) is 4.31 Å². The maximum Gasteiger partial charge on any atom is 0.269 e. The molecule has 0 fully saturated rings. The van der Waals surface area contributed by atoms with E-state index < -0.39 is 15.9 Å². The average molecular weight is 269 g/mol. The van der Waals surface area contributed by atoms with E-state index in [0.29, 0.717) is 6.54 Å². The summed E-state index contributed by atoms with van der Waals surface area (Å²) >= 11 is 0. The van der Waals surface area contributed by atoms with Crippen molar-refractivity contribution >= 4 is 21.6 Å². The summed E-state index contributed by atoms with van der Waals surface area (Å²) in [6.07, 6.45) is 0. The monoisotopic (exact) mass is 269 g/mol. The lowest BCUT2D eigenvalue weighted by Gasteiger charge is -2.17. The standard InChI is InChI=1S/C11H15N3O3S/c1-13(2)6-7-14-11(15)8-4-3-5-9(12)10(8)18(14,16)17/h3-5H,6-7,12H2,1-2H3. The van der Waals surface area contributed by atoms with Crippen LogP contribution in [0.25, 0.3) is 0 Å². The number of carbonyl (C=O) groups is 1. The molecule has 1 heterocycles. The molecule has 0 saturated heterocycles. The Balaban J connectivity index is 2.45. The van der Waals surface area contributed by atoms with Gasteiger partial charge < -0.3 is 10.6 Å². The summed E-state index contributed by atoms with van der Waals surface area (Å²) in [5.74, 6) is -0.501. The number of hydrogen-bond acceptors (Lipinski definition) is 5. The number of nitrogen functional groups attached to an aromatic ring is 1. The molecule has 2 rings (SSSR count). The second kappa shape index (κ2) is 4.25. The highest BCUT2D eigenvalue weighted by molar-refractivity contribution is 7.90. The van der Waals surface area contributed by atoms with Crippen molar-refractivity contribution < 1.29 is 13.2 Å². The Bertz CT molecular complexity index is 596. The van der Waals surface area contributed by atoms with Gasteiger partial charge in [-0.2, -0.15) is 0 Å². The molecule has 0 saturated carbocycles. The molecule has 1 aliphatic heterocycles. The first-order valence-corrected chi connectivity index (χ1v) is 6.90. The average Bonchev–Trinajstić information content (AvgIpc) is 2.46. The molecule has 0 unspecified atom stereocenters. The van der Waals surface area contributed by atoms with Crippen molar-refractivity contribution in [2.45, 2.75) is 4.90 Å². The van der Waals surface area contributed by atoms with Crippen LogP contribution in [-0.2, 0) is 10.0 Å². The SMILES string of the molecule is CN(C)CCN1C(=O)c2cccc(N)c2S1(=O)=O. The van der Waals surface area contributed by atoms with E-state index >= 15 is 0 Å². The molecule has 6 nitrogen and oxygen atoms in total. The van der Waals surface area contributed by atoms with Crippen LogP contribution in [0, 0.1) is 0 Å². The first-order valence-electron chi connectivity index (χ1n) is 5.46. The lowest BCUT2D eigenvalue weighted by molar-refractivity contribution is 0.0865. The van der Waals surface area contributed by atoms with E-state index in [1.807, 2.05) is 19.0 Å². The summed E-state index contributed by atoms with van der Waals surface area (Å²) in [5.41, 5.74) is 5.94. The molecule has 1 aromatic carbocycles. The van der Waals surface area contributed by atoms with Gasteiger partial charge >= 0.3 is 0 Å². The van der Waals surface area contributed by atoms with Crippen LogP contribution in [0.3, 0.4) is 0 Å². The van der Waals surface area contributed by atoms with Crippen LogP contribution in [-0.4, -0.2) is 50.7 Å². The number of hydrogen-bond donors (Lipinski definition) is 1. The molecule has 0 aliphatic carbocycles. The van der Waals surface area contributed by atoms with Gasteiger partial charge in [-0.1, -0.05) is 6.07 Å². The maximum absolute atomic E-state index is 12.2. The van der Waals surface area contributed by atoms with Gasteiger partial charge in [0, 0.05) is 6.54 Å². The minimum atomic E-state index is -3.79. The third-order valence-corrected chi connectivity index (χ3v) is 4.70. The highest BCUT2D eigenvalue weighted by atomic mass is 32.2. The van der Waals surface area contributed by atoms with Gasteiger partial charge in [0.25, 0.3) is 15.9 Å². The quantitative estimate of drug-likeness (QED) is 0.779. The Kier molecular flexibility index (Phi) is 3.04. The number of amides is 1. The number of carbonyl (C=O) groups excluding carboxylic acids is 1. The second-order valence-electron chi connectivity index (χ2n) is 4.41. The molecule has 1 aromatic rings. The molecule has 98 valence electrons. The smallest absolute Gasteiger partial charge is 0.269 e. The predicted octanol–water partition coefficient (Wildman–Crippen LogP) is -0.0251. The Morgan fingerprint density at radius 1 is 1.33 bits per heavy atom. The van der Waals surface area contributed by atoms with Gasteiger partial charge in [-0.15, -0.1) is 0 Å². The molecule has 0 radical (unpaired) electrons. The minimum Gasteiger partial charge on any atom is -0.398 e. The van der Waals surface area contributed by atoms with E-state index in [1.165, 1.54) is 12.1 Å².